The van der Waals surface area contributed by atoms with Crippen LogP contribution in [0.15, 0.2) is 82.1 Å². The molecular weight excluding hydrogens is 711 g/mol. The molecule has 0 amide bonds. The van der Waals surface area contributed by atoms with Crippen LogP contribution in [0.5, 0.6) is 0 Å². The van der Waals surface area contributed by atoms with E-state index in [9.17, 15) is 0 Å². The molecule has 276 valence electrons. The normalized spacial score (nSPS) is 14.1. The van der Waals surface area contributed by atoms with E-state index in [1.54, 1.807) is 0 Å². The van der Waals surface area contributed by atoms with Crippen LogP contribution in [0, 0.1) is 19.3 Å². The summed E-state index contributed by atoms with van der Waals surface area (Å²) in [5.41, 5.74) is 35.5. The molecule has 6 rings (SSSR count). The average Bonchev–Trinajstić information content (AvgIpc) is 3.25. The van der Waals surface area contributed by atoms with Gasteiger partial charge in [-0.15, -0.1) is 6.42 Å². The molecule has 0 radical (unpaired) electrons. The Labute approximate surface area is 383 Å². The standard InChI is InChI=1S/C43H50B18/c1-3-20(44)29(46)28(45)19-13-18(26-36(53)33(50)23(34(51)37(26)54)17-11-7-10-16(12-17)15-8-5-4-6-9-15)25-27(38(55)41(58)40(57)35(25)52)24(19)21-14(2)22(31(48)39(56)30(21)47)32(49)42(59)43(60)61/h1,4-12,60H,13,44-59,61H2,2H3/b28-19-,29-20-,42-32-. The molecule has 0 nitrogen and oxygen atoms in total. The van der Waals surface area contributed by atoms with Gasteiger partial charge in [-0.2, -0.15) is 0 Å². The van der Waals surface area contributed by atoms with Crippen molar-refractivity contribution in [2.24, 2.45) is 0 Å². The Balaban J connectivity index is 1.88. The van der Waals surface area contributed by atoms with Gasteiger partial charge in [0.15, 0.2) is 0 Å². The summed E-state index contributed by atoms with van der Waals surface area (Å²) in [7, 11) is 43.4. The van der Waals surface area contributed by atoms with Gasteiger partial charge in [-0.3, -0.25) is 0 Å². The van der Waals surface area contributed by atoms with Crippen molar-refractivity contribution in [2.75, 3.05) is 0 Å². The number of allylic oxidation sites excluding steroid dienone is 5. The fourth-order valence-corrected chi connectivity index (χ4v) is 10.4. The molecule has 1 aliphatic carbocycles. The third-order valence-corrected chi connectivity index (χ3v) is 15.3. The summed E-state index contributed by atoms with van der Waals surface area (Å²) in [6.45, 7) is 2.36. The second kappa shape index (κ2) is 17.8. The van der Waals surface area contributed by atoms with Crippen LogP contribution in [0.25, 0.3) is 38.9 Å². The summed E-state index contributed by atoms with van der Waals surface area (Å²) in [6.07, 6.45) is 6.98. The van der Waals surface area contributed by atoms with Crippen LogP contribution in [0.4, 0.5) is 0 Å². The van der Waals surface area contributed by atoms with Crippen LogP contribution in [-0.4, -0.2) is 146 Å². The topological polar surface area (TPSA) is 0 Å². The zero-order valence-electron chi connectivity index (χ0n) is 40.7. The summed E-state index contributed by atoms with van der Waals surface area (Å²) in [5, 5.41) is 3.88. The van der Waals surface area contributed by atoms with Gasteiger partial charge in [0.1, 0.15) is 31.4 Å². The van der Waals surface area contributed by atoms with Crippen LogP contribution in [-0.2, 0) is 0 Å². The molecule has 0 saturated heterocycles. The minimum absolute atomic E-state index is 0.802. The first-order valence-corrected chi connectivity index (χ1v) is 22.1. The Morgan fingerprint density at radius 3 is 1.59 bits per heavy atom. The molecule has 5 aromatic rings. The van der Waals surface area contributed by atoms with Gasteiger partial charge in [0, 0.05) is 0 Å². The molecule has 61 heavy (non-hydrogen) atoms. The van der Waals surface area contributed by atoms with Gasteiger partial charge in [0.2, 0.25) is 0 Å². The summed E-state index contributed by atoms with van der Waals surface area (Å²) >= 11 is 0. The van der Waals surface area contributed by atoms with E-state index < -0.39 is 0 Å². The van der Waals surface area contributed by atoms with Gasteiger partial charge >= 0.3 is 260 Å². The van der Waals surface area contributed by atoms with Crippen molar-refractivity contribution in [3.8, 4) is 34.6 Å². The maximum absolute atomic E-state index is 6.17. The monoisotopic (exact) mass is 765 g/mol. The van der Waals surface area contributed by atoms with Gasteiger partial charge in [-0.05, 0) is 28.3 Å². The molecule has 0 N–H and O–H groups in total. The number of terminal acetylenes is 1. The van der Waals surface area contributed by atoms with Gasteiger partial charge in [0.25, 0.3) is 0 Å². The van der Waals surface area contributed by atoms with Crippen molar-refractivity contribution in [3.63, 3.8) is 0 Å². The molecule has 0 bridgehead atoms. The van der Waals surface area contributed by atoms with Crippen molar-refractivity contribution in [3.05, 3.63) is 115 Å². The first-order chi connectivity index (χ1) is 28.7. The van der Waals surface area contributed by atoms with E-state index in [-0.39, 0.29) is 0 Å². The van der Waals surface area contributed by atoms with Crippen LogP contribution >= 0.6 is 0 Å². The quantitative estimate of drug-likeness (QED) is 0.114. The summed E-state index contributed by atoms with van der Waals surface area (Å²) in [5.74, 6) is 3.01. The van der Waals surface area contributed by atoms with E-state index in [1.165, 1.54) is 154 Å². The Morgan fingerprint density at radius 2 is 1.03 bits per heavy atom. The molecule has 5 aromatic carbocycles. The Bertz CT molecular complexity index is 3010. The Morgan fingerprint density at radius 1 is 0.541 bits per heavy atom. The average molecular weight is 761 g/mol. The van der Waals surface area contributed by atoms with Gasteiger partial charge in [-0.1, -0.05) is 59.5 Å². The van der Waals surface area contributed by atoms with Crippen LogP contribution in [0.1, 0.15) is 28.7 Å². The van der Waals surface area contributed by atoms with Crippen molar-refractivity contribution < 1.29 is 0 Å². The van der Waals surface area contributed by atoms with Crippen molar-refractivity contribution in [1.29, 1.82) is 0 Å². The molecule has 0 fully saturated rings. The Kier molecular flexibility index (Phi) is 13.5. The van der Waals surface area contributed by atoms with Crippen LogP contribution in [0.2, 0.25) is 0 Å². The molecule has 0 aromatic heterocycles. The molecule has 0 aliphatic heterocycles. The van der Waals surface area contributed by atoms with Crippen molar-refractivity contribution in [1.82, 2.24) is 0 Å². The molecule has 0 spiro atoms. The summed E-state index contributed by atoms with van der Waals surface area (Å²) in [6, 6.07) is 19.8. The number of benzene rings is 5. The van der Waals surface area contributed by atoms with Crippen LogP contribution < -0.4 is 70.5 Å². The number of hydrogen-bond donors (Lipinski definition) is 0. The van der Waals surface area contributed by atoms with Gasteiger partial charge in [0.05, 0.1) is 0 Å². The van der Waals surface area contributed by atoms with E-state index in [2.05, 4.69) is 208 Å². The zero-order valence-corrected chi connectivity index (χ0v) is 40.7. The summed E-state index contributed by atoms with van der Waals surface area (Å²) in [4.78, 5) is 0. The van der Waals surface area contributed by atoms with E-state index in [4.69, 9.17) is 6.42 Å². The number of fused-ring (bicyclic) bond motifs is 1. The van der Waals surface area contributed by atoms with E-state index in [0.29, 0.717) is 0 Å². The van der Waals surface area contributed by atoms with Crippen molar-refractivity contribution in [2.45, 2.75) is 13.3 Å². The fraction of sp³-hybridized carbons (Fsp3) is 0.0465. The molecule has 0 unspecified atom stereocenters. The van der Waals surface area contributed by atoms with E-state index in [0.717, 1.165) is 17.3 Å². The minimum atomic E-state index is 0.802. The number of hydrogen-bond acceptors (Lipinski definition) is 0. The van der Waals surface area contributed by atoms with E-state index in [1.807, 2.05) is 0 Å². The molecule has 0 saturated carbocycles. The SMILES string of the molecule is B=C(B)/C(B)=C(/B)c1c(B)c(B)c(B)c(C2=c3c(B)c(B)c(B)c(B)c3=C(c3c(B)c(B)c(-c4cccc(-c5ccccc5)c4)c(B)c3B)C/C2=C(B)\C(B)=C(\B)C#C)c1C. The first kappa shape index (κ1) is 46.2. The Hall–Kier alpha value is -4.34. The van der Waals surface area contributed by atoms with Gasteiger partial charge in [-0.25, -0.2) is 0 Å². The van der Waals surface area contributed by atoms with Crippen molar-refractivity contribution >= 4 is 223 Å². The first-order valence-electron chi connectivity index (χ1n) is 22.1. The van der Waals surface area contributed by atoms with Crippen LogP contribution in [0.3, 0.4) is 0 Å². The number of rotatable bonds is 7. The van der Waals surface area contributed by atoms with E-state index >= 15 is 0 Å². The maximum atomic E-state index is 6.17. The second-order valence-electron chi connectivity index (χ2n) is 18.3. The molecule has 0 atom stereocenters. The third-order valence-electron chi connectivity index (χ3n) is 15.3. The molecule has 18 heteroatoms. The third kappa shape index (κ3) is 7.77. The molecule has 1 aliphatic rings. The fourth-order valence-electron chi connectivity index (χ4n) is 10.4. The predicted octanol–water partition coefficient (Wildman–Crippen LogP) is -17.4. The predicted molar refractivity (Wildman–Crippen MR) is 327 cm³/mol. The summed E-state index contributed by atoms with van der Waals surface area (Å²) < 4.78 is 0. The molecular formula is C43H50B18. The van der Waals surface area contributed by atoms with Gasteiger partial charge < -0.3 is 0 Å². The molecule has 0 heterocycles. The second-order valence-corrected chi connectivity index (χ2v) is 18.3. The zero-order chi connectivity index (χ0) is 45.1.